The first-order valence-electron chi connectivity index (χ1n) is 9.59. The van der Waals surface area contributed by atoms with Crippen LogP contribution in [-0.4, -0.2) is 24.3 Å². The maximum Gasteiger partial charge on any atom is 0.343 e. The number of nitrogens with zero attached hydrogens (tertiary/aromatic N) is 2. The molecule has 0 spiro atoms. The summed E-state index contributed by atoms with van der Waals surface area (Å²) < 4.78 is 11.5. The molecule has 0 radical (unpaired) electrons. The molecule has 8 heteroatoms. The Morgan fingerprint density at radius 1 is 1.09 bits per heavy atom. The van der Waals surface area contributed by atoms with Gasteiger partial charge in [0.25, 0.3) is 0 Å². The number of carbonyl (C=O) groups excluding carboxylic acids is 1. The lowest BCUT2D eigenvalue weighted by molar-refractivity contribution is 0.0728. The molecular weight excluding hydrogens is 490 g/mol. The molecule has 0 atom stereocenters. The van der Waals surface area contributed by atoms with Gasteiger partial charge in [0, 0.05) is 10.9 Å². The van der Waals surface area contributed by atoms with Crippen LogP contribution in [0.4, 0.5) is 5.13 Å². The smallest absolute Gasteiger partial charge is 0.343 e. The quantitative estimate of drug-likeness (QED) is 0.138. The molecule has 4 aromatic rings. The average molecular weight is 508 g/mol. The summed E-state index contributed by atoms with van der Waals surface area (Å²) >= 11 is 4.93. The number of ether oxygens (including phenoxy) is 2. The zero-order chi connectivity index (χ0) is 22.3. The molecule has 160 valence electrons. The summed E-state index contributed by atoms with van der Waals surface area (Å²) in [5, 5.41) is 6.92. The predicted molar refractivity (Wildman–Crippen MR) is 131 cm³/mol. The van der Waals surface area contributed by atoms with Crippen molar-refractivity contribution in [3.63, 3.8) is 0 Å². The van der Waals surface area contributed by atoms with E-state index in [-0.39, 0.29) is 0 Å². The largest absolute Gasteiger partial charge is 0.493 e. The SMILES string of the molecule is COc1cc(C=NNc2nc(-c3ccccc3)cs2)cc(Br)c1OC(=O)c1ccccc1. The molecule has 0 bridgehead atoms. The number of thiazole rings is 1. The first-order valence-corrected chi connectivity index (χ1v) is 11.3. The second-order valence-electron chi connectivity index (χ2n) is 6.56. The molecule has 0 aliphatic rings. The van der Waals surface area contributed by atoms with Crippen LogP contribution in [0.15, 0.2) is 87.8 Å². The van der Waals surface area contributed by atoms with Crippen molar-refractivity contribution in [1.29, 1.82) is 0 Å². The number of anilines is 1. The van der Waals surface area contributed by atoms with Crippen LogP contribution in [0, 0.1) is 0 Å². The molecule has 0 fully saturated rings. The molecule has 6 nitrogen and oxygen atoms in total. The van der Waals surface area contributed by atoms with Crippen molar-refractivity contribution < 1.29 is 14.3 Å². The van der Waals surface area contributed by atoms with E-state index in [2.05, 4.69) is 31.4 Å². The second kappa shape index (κ2) is 10.2. The van der Waals surface area contributed by atoms with Crippen molar-refractivity contribution in [2.75, 3.05) is 12.5 Å². The van der Waals surface area contributed by atoms with Gasteiger partial charge in [-0.05, 0) is 45.8 Å². The minimum atomic E-state index is -0.467. The van der Waals surface area contributed by atoms with Crippen molar-refractivity contribution in [1.82, 2.24) is 4.98 Å². The van der Waals surface area contributed by atoms with E-state index < -0.39 is 5.97 Å². The van der Waals surface area contributed by atoms with E-state index in [0.717, 1.165) is 16.8 Å². The van der Waals surface area contributed by atoms with E-state index in [9.17, 15) is 4.79 Å². The van der Waals surface area contributed by atoms with Crippen molar-refractivity contribution >= 4 is 44.6 Å². The molecule has 32 heavy (non-hydrogen) atoms. The second-order valence-corrected chi connectivity index (χ2v) is 8.28. The van der Waals surface area contributed by atoms with Gasteiger partial charge in [0.2, 0.25) is 5.13 Å². The number of hydrogen-bond acceptors (Lipinski definition) is 7. The van der Waals surface area contributed by atoms with Crippen LogP contribution in [0.2, 0.25) is 0 Å². The monoisotopic (exact) mass is 507 g/mol. The minimum Gasteiger partial charge on any atom is -0.493 e. The van der Waals surface area contributed by atoms with Crippen LogP contribution in [0.1, 0.15) is 15.9 Å². The first kappa shape index (κ1) is 21.7. The number of aromatic nitrogens is 1. The number of halogens is 1. The molecule has 0 aliphatic heterocycles. The third kappa shape index (κ3) is 5.22. The number of carbonyl (C=O) groups is 1. The molecule has 1 heterocycles. The van der Waals surface area contributed by atoms with E-state index in [0.29, 0.717) is 26.7 Å². The van der Waals surface area contributed by atoms with Crippen LogP contribution in [0.25, 0.3) is 11.3 Å². The third-order valence-corrected chi connectivity index (χ3v) is 5.74. The molecule has 0 saturated carbocycles. The van der Waals surface area contributed by atoms with Crippen LogP contribution in [-0.2, 0) is 0 Å². The van der Waals surface area contributed by atoms with Gasteiger partial charge in [-0.15, -0.1) is 11.3 Å². The Bertz CT molecular complexity index is 1240. The highest BCUT2D eigenvalue weighted by molar-refractivity contribution is 9.10. The standard InChI is InChI=1S/C24H18BrN3O3S/c1-30-21-13-16(12-19(25)22(21)31-23(29)18-10-6-3-7-11-18)14-26-28-24-27-20(15-32-24)17-8-4-2-5-9-17/h2-15H,1H3,(H,27,28). The number of esters is 1. The lowest BCUT2D eigenvalue weighted by atomic mass is 10.2. The number of hydrazone groups is 1. The Balaban J connectivity index is 1.46. The average Bonchev–Trinajstić information content (AvgIpc) is 3.30. The number of hydrogen-bond donors (Lipinski definition) is 1. The maximum absolute atomic E-state index is 12.4. The summed E-state index contributed by atoms with van der Waals surface area (Å²) in [5.74, 6) is 0.246. The summed E-state index contributed by atoms with van der Waals surface area (Å²) in [5.41, 5.74) is 6.09. The number of nitrogens with one attached hydrogen (secondary N) is 1. The highest BCUT2D eigenvalue weighted by Crippen LogP contribution is 2.37. The van der Waals surface area contributed by atoms with Gasteiger partial charge in [0.1, 0.15) is 0 Å². The van der Waals surface area contributed by atoms with Crippen LogP contribution < -0.4 is 14.9 Å². The molecule has 0 amide bonds. The van der Waals surface area contributed by atoms with Gasteiger partial charge < -0.3 is 9.47 Å². The highest BCUT2D eigenvalue weighted by Gasteiger charge is 2.16. The lowest BCUT2D eigenvalue weighted by Crippen LogP contribution is -2.09. The Hall–Kier alpha value is -3.49. The maximum atomic E-state index is 12.4. The molecule has 0 unspecified atom stereocenters. The summed E-state index contributed by atoms with van der Waals surface area (Å²) in [4.78, 5) is 17.0. The van der Waals surface area contributed by atoms with Crippen molar-refractivity contribution in [3.8, 4) is 22.8 Å². The fourth-order valence-electron chi connectivity index (χ4n) is 2.87. The highest BCUT2D eigenvalue weighted by atomic mass is 79.9. The molecular formula is C24H18BrN3O3S. The van der Waals surface area contributed by atoms with E-state index in [1.165, 1.54) is 18.4 Å². The van der Waals surface area contributed by atoms with Gasteiger partial charge in [0.05, 0.1) is 29.1 Å². The molecule has 3 aromatic carbocycles. The first-order chi connectivity index (χ1) is 15.6. The molecule has 0 saturated heterocycles. The molecule has 4 rings (SSSR count). The fourth-order valence-corrected chi connectivity index (χ4v) is 4.08. The summed E-state index contributed by atoms with van der Waals surface area (Å²) in [7, 11) is 1.52. The normalized spacial score (nSPS) is 10.8. The van der Waals surface area contributed by atoms with Gasteiger partial charge in [-0.3, -0.25) is 5.43 Å². The summed E-state index contributed by atoms with van der Waals surface area (Å²) in [6, 6.07) is 22.3. The molecule has 1 N–H and O–H groups in total. The van der Waals surface area contributed by atoms with Gasteiger partial charge in [0.15, 0.2) is 11.5 Å². The van der Waals surface area contributed by atoms with Crippen molar-refractivity contribution in [2.45, 2.75) is 0 Å². The van der Waals surface area contributed by atoms with Gasteiger partial charge >= 0.3 is 5.97 Å². The Labute approximate surface area is 197 Å². The van der Waals surface area contributed by atoms with Crippen LogP contribution in [0.5, 0.6) is 11.5 Å². The van der Waals surface area contributed by atoms with Gasteiger partial charge in [-0.25, -0.2) is 9.78 Å². The van der Waals surface area contributed by atoms with E-state index in [1.54, 1.807) is 42.6 Å². The molecule has 1 aromatic heterocycles. The minimum absolute atomic E-state index is 0.305. The zero-order valence-corrected chi connectivity index (χ0v) is 19.4. The van der Waals surface area contributed by atoms with Crippen molar-refractivity contribution in [2.24, 2.45) is 5.10 Å². The Morgan fingerprint density at radius 3 is 2.53 bits per heavy atom. The number of rotatable bonds is 7. The van der Waals surface area contributed by atoms with E-state index in [1.807, 2.05) is 41.8 Å². The van der Waals surface area contributed by atoms with Gasteiger partial charge in [-0.1, -0.05) is 48.5 Å². The fraction of sp³-hybridized carbons (Fsp3) is 0.0417. The Morgan fingerprint density at radius 2 is 1.81 bits per heavy atom. The zero-order valence-electron chi connectivity index (χ0n) is 17.0. The molecule has 0 aliphatic carbocycles. The summed E-state index contributed by atoms with van der Waals surface area (Å²) in [6.07, 6.45) is 1.64. The van der Waals surface area contributed by atoms with E-state index >= 15 is 0 Å². The predicted octanol–water partition coefficient (Wildman–Crippen LogP) is 6.25. The van der Waals surface area contributed by atoms with E-state index in [4.69, 9.17) is 9.47 Å². The van der Waals surface area contributed by atoms with Crippen molar-refractivity contribution in [3.05, 3.63) is 93.8 Å². The lowest BCUT2D eigenvalue weighted by Gasteiger charge is -2.12. The number of methoxy groups -OCH3 is 1. The third-order valence-electron chi connectivity index (χ3n) is 4.40. The van der Waals surface area contributed by atoms with Crippen LogP contribution in [0.3, 0.4) is 0 Å². The van der Waals surface area contributed by atoms with Crippen LogP contribution >= 0.6 is 27.3 Å². The number of benzene rings is 3. The Kier molecular flexibility index (Phi) is 6.94. The topological polar surface area (TPSA) is 72.8 Å². The van der Waals surface area contributed by atoms with Gasteiger partial charge in [-0.2, -0.15) is 5.10 Å². The summed E-state index contributed by atoms with van der Waals surface area (Å²) in [6.45, 7) is 0.